The van der Waals surface area contributed by atoms with E-state index in [9.17, 15) is 14.4 Å². The first-order chi connectivity index (χ1) is 19.4. The summed E-state index contributed by atoms with van der Waals surface area (Å²) in [5, 5.41) is 0. The molecule has 6 nitrogen and oxygen atoms in total. The van der Waals surface area contributed by atoms with Crippen molar-refractivity contribution in [3.63, 3.8) is 0 Å². The van der Waals surface area contributed by atoms with Gasteiger partial charge in [-0.05, 0) is 51.4 Å². The lowest BCUT2D eigenvalue weighted by Crippen LogP contribution is -2.39. The molecule has 0 aromatic heterocycles. The fraction of sp³-hybridized carbons (Fsp3) is 0.794. The van der Waals surface area contributed by atoms with Crippen molar-refractivity contribution in [3.8, 4) is 0 Å². The van der Waals surface area contributed by atoms with Crippen molar-refractivity contribution in [3.05, 3.63) is 25.3 Å². The van der Waals surface area contributed by atoms with Crippen LogP contribution in [0.5, 0.6) is 0 Å². The van der Waals surface area contributed by atoms with Crippen molar-refractivity contribution in [2.75, 3.05) is 19.8 Å². The van der Waals surface area contributed by atoms with Crippen molar-refractivity contribution in [2.24, 2.45) is 5.41 Å². The van der Waals surface area contributed by atoms with E-state index in [-0.39, 0.29) is 37.7 Å². The smallest absolute Gasteiger partial charge is 0.305 e. The van der Waals surface area contributed by atoms with Crippen LogP contribution in [0.15, 0.2) is 25.3 Å². The van der Waals surface area contributed by atoms with Crippen LogP contribution >= 0.6 is 0 Å². The zero-order valence-electron chi connectivity index (χ0n) is 26.0. The maximum atomic E-state index is 12.5. The van der Waals surface area contributed by atoms with Crippen LogP contribution in [0.4, 0.5) is 0 Å². The minimum absolute atomic E-state index is 0.0715. The molecule has 0 aliphatic rings. The standard InChI is InChI=1S/C34H60O6/c1-5-9-12-15-17-20-23-26-32(36)39-29-34(8-4,28-38-31(35)25-22-19-14-11-7-3)30-40-33(37)27-24-21-18-16-13-10-6-2/h5-6H,1-2,7-30H2,3-4H3. The molecule has 40 heavy (non-hydrogen) atoms. The highest BCUT2D eigenvalue weighted by atomic mass is 16.6. The highest BCUT2D eigenvalue weighted by molar-refractivity contribution is 5.70. The molecule has 0 saturated carbocycles. The Bertz CT molecular complexity index is 633. The molecule has 0 N–H and O–H groups in total. The molecule has 0 radical (unpaired) electrons. The van der Waals surface area contributed by atoms with E-state index in [1.165, 1.54) is 6.42 Å². The Labute approximate surface area is 245 Å². The molecule has 0 unspecified atom stereocenters. The van der Waals surface area contributed by atoms with Crippen LogP contribution in [0.3, 0.4) is 0 Å². The molecule has 232 valence electrons. The van der Waals surface area contributed by atoms with Crippen LogP contribution in [0.2, 0.25) is 0 Å². The predicted molar refractivity (Wildman–Crippen MR) is 164 cm³/mol. The van der Waals surface area contributed by atoms with Crippen LogP contribution in [0.25, 0.3) is 0 Å². The molecule has 0 bridgehead atoms. The van der Waals surface area contributed by atoms with E-state index in [4.69, 9.17) is 14.2 Å². The molecule has 0 atom stereocenters. The number of unbranched alkanes of at least 4 members (excludes halogenated alkanes) is 14. The minimum atomic E-state index is -0.738. The van der Waals surface area contributed by atoms with E-state index in [1.54, 1.807) is 0 Å². The zero-order valence-corrected chi connectivity index (χ0v) is 26.0. The maximum Gasteiger partial charge on any atom is 0.305 e. The zero-order chi connectivity index (χ0) is 29.7. The summed E-state index contributed by atoms with van der Waals surface area (Å²) in [6, 6.07) is 0. The number of hydrogen-bond donors (Lipinski definition) is 0. The number of allylic oxidation sites excluding steroid dienone is 2. The van der Waals surface area contributed by atoms with Crippen molar-refractivity contribution >= 4 is 17.9 Å². The number of rotatable bonds is 29. The van der Waals surface area contributed by atoms with Gasteiger partial charge in [-0.1, -0.05) is 90.2 Å². The SMILES string of the molecule is C=CCCCCCCCC(=O)OCC(CC)(COC(=O)CCCCCCC)COC(=O)CCCCCCCC=C. The summed E-state index contributed by atoms with van der Waals surface area (Å²) >= 11 is 0. The Kier molecular flexibility index (Phi) is 25.7. The van der Waals surface area contributed by atoms with E-state index in [1.807, 2.05) is 19.1 Å². The van der Waals surface area contributed by atoms with Crippen molar-refractivity contribution in [2.45, 2.75) is 149 Å². The van der Waals surface area contributed by atoms with Crippen LogP contribution in [0, 0.1) is 5.41 Å². The number of carbonyl (C=O) groups excluding carboxylic acids is 3. The number of ether oxygens (including phenoxy) is 3. The Hall–Kier alpha value is -2.11. The summed E-state index contributed by atoms with van der Waals surface area (Å²) in [5.74, 6) is -0.761. The summed E-state index contributed by atoms with van der Waals surface area (Å²) in [6.45, 7) is 11.8. The average molecular weight is 565 g/mol. The first-order valence-electron chi connectivity index (χ1n) is 16.1. The molecule has 6 heteroatoms. The minimum Gasteiger partial charge on any atom is -0.465 e. The van der Waals surface area contributed by atoms with Gasteiger partial charge in [-0.25, -0.2) is 0 Å². The Balaban J connectivity index is 4.72. The first kappa shape index (κ1) is 37.9. The monoisotopic (exact) mass is 564 g/mol. The first-order valence-corrected chi connectivity index (χ1v) is 16.1. The van der Waals surface area contributed by atoms with Gasteiger partial charge in [-0.3, -0.25) is 14.4 Å². The lowest BCUT2D eigenvalue weighted by atomic mass is 9.88. The number of carbonyl (C=O) groups is 3. The number of esters is 3. The Morgan fingerprint density at radius 2 is 0.850 bits per heavy atom. The molecule has 0 heterocycles. The second-order valence-electron chi connectivity index (χ2n) is 11.2. The van der Waals surface area contributed by atoms with Crippen LogP contribution in [-0.2, 0) is 28.6 Å². The van der Waals surface area contributed by atoms with E-state index in [2.05, 4.69) is 20.1 Å². The van der Waals surface area contributed by atoms with Gasteiger partial charge in [-0.2, -0.15) is 0 Å². The quantitative estimate of drug-likeness (QED) is 0.0390. The highest BCUT2D eigenvalue weighted by Crippen LogP contribution is 2.25. The molecule has 0 saturated heterocycles. The third kappa shape index (κ3) is 22.7. The normalized spacial score (nSPS) is 11.2. The second-order valence-corrected chi connectivity index (χ2v) is 11.2. The lowest BCUT2D eigenvalue weighted by Gasteiger charge is -2.31. The van der Waals surface area contributed by atoms with Gasteiger partial charge < -0.3 is 14.2 Å². The number of hydrogen-bond acceptors (Lipinski definition) is 6. The van der Waals surface area contributed by atoms with Gasteiger partial charge in [0.2, 0.25) is 0 Å². The van der Waals surface area contributed by atoms with Crippen LogP contribution in [0.1, 0.15) is 149 Å². The third-order valence-electron chi connectivity index (χ3n) is 7.43. The molecule has 0 spiro atoms. The molecular formula is C34H60O6. The molecule has 0 aromatic rings. The largest absolute Gasteiger partial charge is 0.465 e. The predicted octanol–water partition coefficient (Wildman–Crippen LogP) is 9.21. The van der Waals surface area contributed by atoms with Crippen LogP contribution in [-0.4, -0.2) is 37.7 Å². The van der Waals surface area contributed by atoms with Crippen molar-refractivity contribution in [1.29, 1.82) is 0 Å². The van der Waals surface area contributed by atoms with Crippen molar-refractivity contribution in [1.82, 2.24) is 0 Å². The van der Waals surface area contributed by atoms with Gasteiger partial charge in [0.25, 0.3) is 0 Å². The van der Waals surface area contributed by atoms with E-state index in [0.29, 0.717) is 25.7 Å². The summed E-state index contributed by atoms with van der Waals surface area (Å²) in [6.07, 6.45) is 23.2. The van der Waals surface area contributed by atoms with E-state index < -0.39 is 5.41 Å². The van der Waals surface area contributed by atoms with Gasteiger partial charge in [0.15, 0.2) is 0 Å². The van der Waals surface area contributed by atoms with Gasteiger partial charge in [-0.15, -0.1) is 13.2 Å². The Morgan fingerprint density at radius 3 is 1.18 bits per heavy atom. The molecule has 0 amide bonds. The third-order valence-corrected chi connectivity index (χ3v) is 7.43. The molecule has 0 aliphatic carbocycles. The topological polar surface area (TPSA) is 78.9 Å². The molecule has 0 aromatic carbocycles. The lowest BCUT2D eigenvalue weighted by molar-refractivity contribution is -0.162. The van der Waals surface area contributed by atoms with Gasteiger partial charge >= 0.3 is 17.9 Å². The van der Waals surface area contributed by atoms with Crippen molar-refractivity contribution < 1.29 is 28.6 Å². The maximum absolute atomic E-state index is 12.5. The summed E-state index contributed by atoms with van der Waals surface area (Å²) in [4.78, 5) is 37.3. The van der Waals surface area contributed by atoms with E-state index >= 15 is 0 Å². The van der Waals surface area contributed by atoms with Gasteiger partial charge in [0.05, 0.1) is 5.41 Å². The Morgan fingerprint density at radius 1 is 0.525 bits per heavy atom. The molecule has 0 rings (SSSR count). The van der Waals surface area contributed by atoms with E-state index in [0.717, 1.165) is 103 Å². The fourth-order valence-electron chi connectivity index (χ4n) is 4.40. The highest BCUT2D eigenvalue weighted by Gasteiger charge is 2.34. The van der Waals surface area contributed by atoms with Crippen LogP contribution < -0.4 is 0 Å². The molecular weight excluding hydrogens is 504 g/mol. The van der Waals surface area contributed by atoms with Gasteiger partial charge in [0.1, 0.15) is 19.8 Å². The average Bonchev–Trinajstić information content (AvgIpc) is 2.96. The summed E-state index contributed by atoms with van der Waals surface area (Å²) in [5.41, 5.74) is -0.738. The molecule has 0 fully saturated rings. The second kappa shape index (κ2) is 27.1. The van der Waals surface area contributed by atoms with Gasteiger partial charge in [0, 0.05) is 19.3 Å². The fourth-order valence-corrected chi connectivity index (χ4v) is 4.40. The molecule has 0 aliphatic heterocycles. The summed E-state index contributed by atoms with van der Waals surface area (Å²) in [7, 11) is 0. The summed E-state index contributed by atoms with van der Waals surface area (Å²) < 4.78 is 16.9.